The molecule has 1 aliphatic rings. The number of amides is 1. The highest BCUT2D eigenvalue weighted by atomic mass is 16.1. The third-order valence-electron chi connectivity index (χ3n) is 5.20. The zero-order valence-corrected chi connectivity index (χ0v) is 17.2. The lowest BCUT2D eigenvalue weighted by Crippen LogP contribution is -2.47. The van der Waals surface area contributed by atoms with Crippen molar-refractivity contribution in [3.05, 3.63) is 48.0 Å². The highest BCUT2D eigenvalue weighted by Crippen LogP contribution is 2.16. The lowest BCUT2D eigenvalue weighted by atomic mass is 10.0. The first-order valence-electron chi connectivity index (χ1n) is 10.5. The highest BCUT2D eigenvalue weighted by molar-refractivity contribution is 5.76. The SMILES string of the molecule is CC(C)Cc1ccc(CN2CCC[C@@H](NC(=O)CCCn3cncn3)C2)cc1. The molecule has 1 aromatic carbocycles. The molecule has 2 aromatic rings. The van der Waals surface area contributed by atoms with Gasteiger partial charge in [-0.1, -0.05) is 38.1 Å². The van der Waals surface area contributed by atoms with Crippen molar-refractivity contribution in [2.75, 3.05) is 13.1 Å². The molecule has 0 unspecified atom stereocenters. The van der Waals surface area contributed by atoms with Gasteiger partial charge >= 0.3 is 0 Å². The minimum Gasteiger partial charge on any atom is -0.352 e. The van der Waals surface area contributed by atoms with Gasteiger partial charge in [-0.25, -0.2) is 4.98 Å². The Morgan fingerprint density at radius 2 is 2.04 bits per heavy atom. The topological polar surface area (TPSA) is 63.1 Å². The van der Waals surface area contributed by atoms with Gasteiger partial charge in [-0.15, -0.1) is 0 Å². The van der Waals surface area contributed by atoms with Crippen molar-refractivity contribution in [3.63, 3.8) is 0 Å². The molecular weight excluding hydrogens is 350 g/mol. The fourth-order valence-electron chi connectivity index (χ4n) is 3.88. The van der Waals surface area contributed by atoms with Crippen LogP contribution in [0.25, 0.3) is 0 Å². The van der Waals surface area contributed by atoms with E-state index in [1.54, 1.807) is 11.0 Å². The largest absolute Gasteiger partial charge is 0.352 e. The number of nitrogens with one attached hydrogen (secondary N) is 1. The third-order valence-corrected chi connectivity index (χ3v) is 5.20. The summed E-state index contributed by atoms with van der Waals surface area (Å²) >= 11 is 0. The predicted molar refractivity (Wildman–Crippen MR) is 111 cm³/mol. The van der Waals surface area contributed by atoms with Gasteiger partial charge in [-0.2, -0.15) is 5.10 Å². The first-order chi connectivity index (χ1) is 13.6. The summed E-state index contributed by atoms with van der Waals surface area (Å²) in [7, 11) is 0. The highest BCUT2D eigenvalue weighted by Gasteiger charge is 2.21. The summed E-state index contributed by atoms with van der Waals surface area (Å²) in [6.45, 7) is 8.24. The van der Waals surface area contributed by atoms with Crippen molar-refractivity contribution in [2.45, 2.75) is 65.1 Å². The van der Waals surface area contributed by atoms with Gasteiger partial charge in [-0.3, -0.25) is 14.4 Å². The van der Waals surface area contributed by atoms with Gasteiger partial charge in [0.25, 0.3) is 0 Å². The van der Waals surface area contributed by atoms with Crippen molar-refractivity contribution in [2.24, 2.45) is 5.92 Å². The molecule has 1 N–H and O–H groups in total. The van der Waals surface area contributed by atoms with E-state index >= 15 is 0 Å². The number of aromatic nitrogens is 3. The van der Waals surface area contributed by atoms with Gasteiger partial charge in [0.05, 0.1) is 0 Å². The van der Waals surface area contributed by atoms with Gasteiger partial charge in [0.1, 0.15) is 12.7 Å². The Balaban J connectivity index is 1.40. The number of hydrogen-bond acceptors (Lipinski definition) is 4. The monoisotopic (exact) mass is 383 g/mol. The van der Waals surface area contributed by atoms with E-state index in [9.17, 15) is 4.79 Å². The molecule has 1 saturated heterocycles. The van der Waals surface area contributed by atoms with Crippen molar-refractivity contribution in [3.8, 4) is 0 Å². The molecule has 0 aliphatic carbocycles. The first kappa shape index (κ1) is 20.5. The summed E-state index contributed by atoms with van der Waals surface area (Å²) in [5.74, 6) is 0.832. The number of piperidine rings is 1. The number of nitrogens with zero attached hydrogens (tertiary/aromatic N) is 4. The molecule has 1 fully saturated rings. The molecule has 1 amide bonds. The lowest BCUT2D eigenvalue weighted by Gasteiger charge is -2.33. The maximum absolute atomic E-state index is 12.3. The van der Waals surface area contributed by atoms with Crippen LogP contribution >= 0.6 is 0 Å². The van der Waals surface area contributed by atoms with Crippen LogP contribution in [0.1, 0.15) is 50.7 Å². The standard InChI is InChI=1S/C22H33N5O/c1-18(2)13-19-7-9-20(10-8-19)14-26-11-3-5-21(15-26)25-22(28)6-4-12-27-17-23-16-24-27/h7-10,16-18,21H,3-6,11-15H2,1-2H3,(H,25,28)/t21-/m1/s1. The average molecular weight is 384 g/mol. The van der Waals surface area contributed by atoms with E-state index in [1.165, 1.54) is 17.5 Å². The van der Waals surface area contributed by atoms with Crippen molar-refractivity contribution < 1.29 is 4.79 Å². The van der Waals surface area contributed by atoms with Crippen molar-refractivity contribution in [1.29, 1.82) is 0 Å². The molecule has 1 aromatic heterocycles. The molecule has 2 heterocycles. The number of likely N-dealkylation sites (tertiary alicyclic amines) is 1. The number of benzene rings is 1. The summed E-state index contributed by atoms with van der Waals surface area (Å²) < 4.78 is 1.77. The third kappa shape index (κ3) is 6.75. The van der Waals surface area contributed by atoms with E-state index < -0.39 is 0 Å². The molecule has 0 radical (unpaired) electrons. The molecule has 28 heavy (non-hydrogen) atoms. The van der Waals surface area contributed by atoms with Crippen LogP contribution in [0, 0.1) is 5.92 Å². The summed E-state index contributed by atoms with van der Waals surface area (Å²) in [4.78, 5) is 18.6. The summed E-state index contributed by atoms with van der Waals surface area (Å²) in [5, 5.41) is 7.28. The number of aryl methyl sites for hydroxylation is 1. The fraction of sp³-hybridized carbons (Fsp3) is 0.591. The Kier molecular flexibility index (Phi) is 7.60. The van der Waals surface area contributed by atoms with Gasteiger partial charge in [0.2, 0.25) is 5.91 Å². The van der Waals surface area contributed by atoms with Crippen LogP contribution in [-0.4, -0.2) is 44.7 Å². The quantitative estimate of drug-likeness (QED) is 0.723. The molecular formula is C22H33N5O. The number of carbonyl (C=O) groups excluding carboxylic acids is 1. The Hall–Kier alpha value is -2.21. The van der Waals surface area contributed by atoms with Gasteiger partial charge in [-0.05, 0) is 49.3 Å². The molecule has 0 spiro atoms. The first-order valence-corrected chi connectivity index (χ1v) is 10.5. The zero-order chi connectivity index (χ0) is 19.8. The fourth-order valence-corrected chi connectivity index (χ4v) is 3.88. The Bertz CT molecular complexity index is 711. The summed E-state index contributed by atoms with van der Waals surface area (Å²) in [6.07, 6.45) is 7.87. The van der Waals surface area contributed by atoms with E-state index in [4.69, 9.17) is 0 Å². The zero-order valence-electron chi connectivity index (χ0n) is 17.2. The Morgan fingerprint density at radius 1 is 1.25 bits per heavy atom. The molecule has 152 valence electrons. The molecule has 1 aliphatic heterocycles. The summed E-state index contributed by atoms with van der Waals surface area (Å²) in [5.41, 5.74) is 2.76. The normalized spacial score (nSPS) is 17.8. The van der Waals surface area contributed by atoms with Crippen LogP contribution < -0.4 is 5.32 Å². The van der Waals surface area contributed by atoms with E-state index in [1.807, 2.05) is 0 Å². The summed E-state index contributed by atoms with van der Waals surface area (Å²) in [6, 6.07) is 9.28. The van der Waals surface area contributed by atoms with E-state index in [0.717, 1.165) is 51.9 Å². The minimum atomic E-state index is 0.144. The molecule has 0 saturated carbocycles. The molecule has 1 atom stereocenters. The maximum Gasteiger partial charge on any atom is 0.220 e. The molecule has 0 bridgehead atoms. The lowest BCUT2D eigenvalue weighted by molar-refractivity contribution is -0.122. The van der Waals surface area contributed by atoms with Crippen LogP contribution in [-0.2, 0) is 24.3 Å². The van der Waals surface area contributed by atoms with Gasteiger partial charge in [0, 0.05) is 32.1 Å². The Labute approximate surface area is 168 Å². The number of rotatable bonds is 9. The Morgan fingerprint density at radius 3 is 2.75 bits per heavy atom. The van der Waals surface area contributed by atoms with E-state index in [2.05, 4.69) is 58.4 Å². The van der Waals surface area contributed by atoms with Gasteiger partial charge < -0.3 is 5.32 Å². The van der Waals surface area contributed by atoms with Crippen molar-refractivity contribution in [1.82, 2.24) is 25.0 Å². The maximum atomic E-state index is 12.3. The minimum absolute atomic E-state index is 0.144. The van der Waals surface area contributed by atoms with Crippen LogP contribution in [0.3, 0.4) is 0 Å². The van der Waals surface area contributed by atoms with Crippen LogP contribution in [0.4, 0.5) is 0 Å². The van der Waals surface area contributed by atoms with E-state index in [0.29, 0.717) is 12.3 Å². The second-order valence-corrected chi connectivity index (χ2v) is 8.32. The molecule has 6 nitrogen and oxygen atoms in total. The second-order valence-electron chi connectivity index (χ2n) is 8.32. The van der Waals surface area contributed by atoms with Crippen molar-refractivity contribution >= 4 is 5.91 Å². The van der Waals surface area contributed by atoms with Crippen LogP contribution in [0.2, 0.25) is 0 Å². The second kappa shape index (κ2) is 10.4. The van der Waals surface area contributed by atoms with E-state index in [-0.39, 0.29) is 11.9 Å². The molecule has 6 heteroatoms. The number of carbonyl (C=O) groups is 1. The van der Waals surface area contributed by atoms with Crippen LogP contribution in [0.5, 0.6) is 0 Å². The average Bonchev–Trinajstić information content (AvgIpc) is 3.17. The molecule has 3 rings (SSSR count). The smallest absolute Gasteiger partial charge is 0.220 e. The predicted octanol–water partition coefficient (Wildman–Crippen LogP) is 3.04. The van der Waals surface area contributed by atoms with Crippen LogP contribution in [0.15, 0.2) is 36.9 Å². The van der Waals surface area contributed by atoms with Gasteiger partial charge in [0.15, 0.2) is 0 Å². The number of hydrogen-bond donors (Lipinski definition) is 1.